The lowest BCUT2D eigenvalue weighted by atomic mass is 9.61. The molecule has 7 aromatic carbocycles. The number of benzene rings is 7. The molecule has 2 atom stereocenters. The molecule has 1 aliphatic heterocycles. The van der Waals surface area contributed by atoms with Crippen molar-refractivity contribution in [2.45, 2.75) is 58.5 Å². The average Bonchev–Trinajstić information content (AvgIpc) is 3.56. The van der Waals surface area contributed by atoms with Crippen molar-refractivity contribution in [3.8, 4) is 39.1 Å². The van der Waals surface area contributed by atoms with Gasteiger partial charge in [0.05, 0.1) is 11.1 Å². The quantitative estimate of drug-likeness (QED) is 0.140. The number of phenolic OH excluding ortho intramolecular Hbond substituents is 1. The number of phenols is 1. The lowest BCUT2D eigenvalue weighted by molar-refractivity contribution is 0.253. The summed E-state index contributed by atoms with van der Waals surface area (Å²) in [6, 6.07) is 53.8. The molecule has 0 saturated carbocycles. The minimum Gasteiger partial charge on any atom is -0.507 e. The highest BCUT2D eigenvalue weighted by Gasteiger charge is 2.57. The van der Waals surface area contributed by atoms with Crippen molar-refractivity contribution < 1.29 is 5.11 Å². The Morgan fingerprint density at radius 3 is 1.58 bits per heavy atom. The second kappa shape index (κ2) is 13.4. The average molecular weight is 710 g/mol. The number of nitrogens with zero attached hydrogens (tertiary/aromatic N) is 1. The molecule has 2 nitrogen and oxygen atoms in total. The van der Waals surface area contributed by atoms with E-state index in [4.69, 9.17) is 4.99 Å². The Labute approximate surface area is 316 Å². The SMILES string of the molecule is CC(C)(C)P1CCC(c2cccc(-c3c4ccccc4cc4ccccc34)c2O)(C(C)(C)C)C1=Nc1c(-c2ccccc2)cccc1-c1ccccc1. The number of hydrogen-bond acceptors (Lipinski definition) is 2. The molecule has 8 rings (SSSR count). The molecule has 0 bridgehead atoms. The fourth-order valence-corrected chi connectivity index (χ4v) is 12.1. The van der Waals surface area contributed by atoms with Gasteiger partial charge < -0.3 is 5.11 Å². The Kier molecular flexibility index (Phi) is 8.87. The van der Waals surface area contributed by atoms with Crippen LogP contribution in [0.1, 0.15) is 53.5 Å². The first kappa shape index (κ1) is 35.0. The van der Waals surface area contributed by atoms with Crippen molar-refractivity contribution in [1.29, 1.82) is 0 Å². The van der Waals surface area contributed by atoms with E-state index in [1.165, 1.54) is 16.2 Å². The van der Waals surface area contributed by atoms with Gasteiger partial charge in [-0.05, 0) is 61.9 Å². The van der Waals surface area contributed by atoms with Gasteiger partial charge >= 0.3 is 0 Å². The van der Waals surface area contributed by atoms with E-state index in [9.17, 15) is 5.11 Å². The van der Waals surface area contributed by atoms with Crippen LogP contribution < -0.4 is 0 Å². The molecular formula is C50H48NOP. The van der Waals surface area contributed by atoms with Crippen molar-refractivity contribution in [3.05, 3.63) is 157 Å². The van der Waals surface area contributed by atoms with Crippen LogP contribution in [0.4, 0.5) is 5.69 Å². The molecule has 3 heteroatoms. The normalized spacial score (nSPS) is 18.6. The zero-order valence-corrected chi connectivity index (χ0v) is 32.6. The second-order valence-corrected chi connectivity index (χ2v) is 19.6. The van der Waals surface area contributed by atoms with E-state index >= 15 is 0 Å². The molecule has 1 saturated heterocycles. The van der Waals surface area contributed by atoms with Gasteiger partial charge in [-0.15, -0.1) is 0 Å². The Hall–Kier alpha value is -5.04. The summed E-state index contributed by atoms with van der Waals surface area (Å²) in [5, 5.41) is 17.6. The first-order valence-corrected chi connectivity index (χ1v) is 20.4. The summed E-state index contributed by atoms with van der Waals surface area (Å²) in [6.45, 7) is 14.2. The van der Waals surface area contributed by atoms with Crippen LogP contribution in [-0.4, -0.2) is 21.9 Å². The monoisotopic (exact) mass is 709 g/mol. The summed E-state index contributed by atoms with van der Waals surface area (Å²) in [5.74, 6) is 0.363. The molecule has 1 aliphatic rings. The Morgan fingerprint density at radius 2 is 1.06 bits per heavy atom. The predicted octanol–water partition coefficient (Wildman–Crippen LogP) is 14.4. The first-order chi connectivity index (χ1) is 25.5. The number of para-hydroxylation sites is 2. The lowest BCUT2D eigenvalue weighted by Gasteiger charge is -2.45. The summed E-state index contributed by atoms with van der Waals surface area (Å²) < 4.78 is 0. The Morgan fingerprint density at radius 1 is 0.566 bits per heavy atom. The van der Waals surface area contributed by atoms with Gasteiger partial charge in [0, 0.05) is 33.2 Å². The molecule has 0 aliphatic carbocycles. The van der Waals surface area contributed by atoms with E-state index in [1.807, 2.05) is 0 Å². The van der Waals surface area contributed by atoms with Gasteiger partial charge in [0.15, 0.2) is 0 Å². The van der Waals surface area contributed by atoms with Gasteiger partial charge in [-0.3, -0.25) is 4.99 Å². The van der Waals surface area contributed by atoms with Crippen LogP contribution in [0, 0.1) is 5.41 Å². The topological polar surface area (TPSA) is 32.6 Å². The lowest BCUT2D eigenvalue weighted by Crippen LogP contribution is -2.44. The van der Waals surface area contributed by atoms with Gasteiger partial charge in [-0.2, -0.15) is 0 Å². The minimum absolute atomic E-state index is 0.00876. The zero-order valence-electron chi connectivity index (χ0n) is 31.7. The van der Waals surface area contributed by atoms with Gasteiger partial charge in [-0.25, -0.2) is 0 Å². The molecule has 264 valence electrons. The summed E-state index contributed by atoms with van der Waals surface area (Å²) in [6.07, 6.45) is 1.96. The van der Waals surface area contributed by atoms with E-state index in [2.05, 4.69) is 193 Å². The van der Waals surface area contributed by atoms with Crippen LogP contribution in [0.25, 0.3) is 54.9 Å². The van der Waals surface area contributed by atoms with Crippen LogP contribution in [-0.2, 0) is 5.41 Å². The van der Waals surface area contributed by atoms with E-state index in [-0.39, 0.29) is 10.6 Å². The second-order valence-electron chi connectivity index (χ2n) is 16.5. The molecule has 0 radical (unpaired) electrons. The number of rotatable bonds is 5. The van der Waals surface area contributed by atoms with E-state index in [0.717, 1.165) is 68.0 Å². The first-order valence-electron chi connectivity index (χ1n) is 18.8. The highest BCUT2D eigenvalue weighted by Crippen LogP contribution is 2.68. The van der Waals surface area contributed by atoms with Crippen LogP contribution in [0.15, 0.2) is 157 Å². The van der Waals surface area contributed by atoms with Crippen LogP contribution >= 0.6 is 7.92 Å². The van der Waals surface area contributed by atoms with Crippen molar-refractivity contribution in [1.82, 2.24) is 0 Å². The third-order valence-electron chi connectivity index (χ3n) is 11.4. The molecule has 1 N–H and O–H groups in total. The summed E-state index contributed by atoms with van der Waals surface area (Å²) >= 11 is 0. The fraction of sp³-hybridized carbons (Fsp3) is 0.220. The third-order valence-corrected chi connectivity index (χ3v) is 14.7. The highest BCUT2D eigenvalue weighted by atomic mass is 31.1. The number of aromatic hydroxyl groups is 1. The van der Waals surface area contributed by atoms with Crippen molar-refractivity contribution in [3.63, 3.8) is 0 Å². The number of hydrogen-bond donors (Lipinski definition) is 1. The fourth-order valence-electron chi connectivity index (χ4n) is 8.77. The largest absolute Gasteiger partial charge is 0.507 e. The van der Waals surface area contributed by atoms with Crippen molar-refractivity contribution in [2.24, 2.45) is 10.4 Å². The van der Waals surface area contributed by atoms with Crippen LogP contribution in [0.5, 0.6) is 5.75 Å². The number of aliphatic imine (C=N–C) groups is 1. The molecular weight excluding hydrogens is 662 g/mol. The van der Waals surface area contributed by atoms with E-state index in [1.54, 1.807) is 0 Å². The van der Waals surface area contributed by atoms with Crippen LogP contribution in [0.3, 0.4) is 0 Å². The van der Waals surface area contributed by atoms with Gasteiger partial charge in [-0.1, -0.05) is 195 Å². The summed E-state index contributed by atoms with van der Waals surface area (Å²) in [7, 11) is -0.706. The standard InChI is InChI=1S/C50H48NOP/c1-48(2,3)50(43-30-18-29-42(46(43)52)44-38-25-15-13-23-36(38)33-37-24-14-16-26-39(37)44)31-32-53(49(4,5)6)47(50)51-45-40(34-19-9-7-10-20-34)27-17-28-41(45)35-21-11-8-12-22-35/h7-30,33,52H,31-32H2,1-6H3. The van der Waals surface area contributed by atoms with Gasteiger partial charge in [0.25, 0.3) is 0 Å². The third kappa shape index (κ3) is 5.98. The Balaban J connectivity index is 1.45. The maximum atomic E-state index is 12.9. The van der Waals surface area contributed by atoms with E-state index < -0.39 is 13.3 Å². The zero-order chi connectivity index (χ0) is 37.0. The number of fused-ring (bicyclic) bond motifs is 2. The van der Waals surface area contributed by atoms with Crippen LogP contribution in [0.2, 0.25) is 0 Å². The Bertz CT molecular complexity index is 2380. The maximum absolute atomic E-state index is 12.9. The van der Waals surface area contributed by atoms with Gasteiger partial charge in [0.2, 0.25) is 0 Å². The molecule has 53 heavy (non-hydrogen) atoms. The molecule has 1 fully saturated rings. The smallest absolute Gasteiger partial charge is 0.127 e. The molecule has 1 heterocycles. The minimum atomic E-state index is -0.706. The van der Waals surface area contributed by atoms with Crippen molar-refractivity contribution >= 4 is 40.6 Å². The molecule has 0 amide bonds. The van der Waals surface area contributed by atoms with Crippen molar-refractivity contribution in [2.75, 3.05) is 6.16 Å². The molecule has 7 aromatic rings. The highest BCUT2D eigenvalue weighted by molar-refractivity contribution is 7.77. The maximum Gasteiger partial charge on any atom is 0.127 e. The molecule has 0 spiro atoms. The summed E-state index contributed by atoms with van der Waals surface area (Å²) in [4.78, 5) is 6.03. The van der Waals surface area contributed by atoms with Gasteiger partial charge in [0.1, 0.15) is 5.75 Å². The molecule has 0 aromatic heterocycles. The predicted molar refractivity (Wildman–Crippen MR) is 230 cm³/mol. The molecule has 2 unspecified atom stereocenters. The van der Waals surface area contributed by atoms with E-state index in [0.29, 0.717) is 5.75 Å². The summed E-state index contributed by atoms with van der Waals surface area (Å²) in [5.41, 5.74) is 8.92.